The highest BCUT2D eigenvalue weighted by molar-refractivity contribution is 5.74. The molecule has 0 aromatic carbocycles. The van der Waals surface area contributed by atoms with E-state index in [1.165, 1.54) is 19.3 Å². The van der Waals surface area contributed by atoms with Gasteiger partial charge in [-0.2, -0.15) is 0 Å². The Labute approximate surface area is 127 Å². The minimum Gasteiger partial charge on any atom is -0.382 e. The predicted octanol–water partition coefficient (Wildman–Crippen LogP) is 2.20. The number of carbonyl (C=O) groups excluding carboxylic acids is 1. The largest absolute Gasteiger partial charge is 0.382 e. The van der Waals surface area contributed by atoms with Crippen molar-refractivity contribution in [3.63, 3.8) is 0 Å². The van der Waals surface area contributed by atoms with E-state index in [0.29, 0.717) is 6.10 Å². The molecule has 2 heterocycles. The topological polar surface area (TPSA) is 59.6 Å². The van der Waals surface area contributed by atoms with Crippen LogP contribution < -0.4 is 10.6 Å². The molecule has 2 saturated heterocycles. The Bertz CT molecular complexity index is 371. The van der Waals surface area contributed by atoms with Crippen molar-refractivity contribution < 1.29 is 14.3 Å². The SMILES string of the molecule is CCOCCC1(CNC(=O)N[C@@H]2C[C@H]3CC[C@@H]2O3)CCC1. The molecule has 0 radical (unpaired) electrons. The molecule has 1 saturated carbocycles. The molecule has 0 spiro atoms. The van der Waals surface area contributed by atoms with Gasteiger partial charge in [0, 0.05) is 19.8 Å². The molecule has 0 aromatic heterocycles. The Balaban J connectivity index is 1.38. The Morgan fingerprint density at radius 3 is 2.81 bits per heavy atom. The number of carbonyl (C=O) groups is 1. The van der Waals surface area contributed by atoms with E-state index in [2.05, 4.69) is 10.6 Å². The van der Waals surface area contributed by atoms with E-state index >= 15 is 0 Å². The van der Waals surface area contributed by atoms with Crippen molar-refractivity contribution in [1.82, 2.24) is 10.6 Å². The first kappa shape index (κ1) is 15.1. The molecule has 21 heavy (non-hydrogen) atoms. The zero-order chi connectivity index (χ0) is 14.7. The number of amides is 2. The highest BCUT2D eigenvalue weighted by Gasteiger charge is 2.42. The number of hydrogen-bond donors (Lipinski definition) is 2. The van der Waals surface area contributed by atoms with Gasteiger partial charge in [-0.3, -0.25) is 0 Å². The lowest BCUT2D eigenvalue weighted by atomic mass is 9.67. The number of ether oxygens (including phenoxy) is 2. The fourth-order valence-electron chi connectivity index (χ4n) is 3.90. The molecular formula is C16H28N2O3. The zero-order valence-electron chi connectivity index (χ0n) is 13.0. The van der Waals surface area contributed by atoms with Crippen molar-refractivity contribution in [1.29, 1.82) is 0 Å². The molecule has 2 amide bonds. The van der Waals surface area contributed by atoms with Crippen LogP contribution >= 0.6 is 0 Å². The summed E-state index contributed by atoms with van der Waals surface area (Å²) >= 11 is 0. The summed E-state index contributed by atoms with van der Waals surface area (Å²) < 4.78 is 11.2. The average Bonchev–Trinajstić information content (AvgIpc) is 3.03. The fraction of sp³-hybridized carbons (Fsp3) is 0.938. The van der Waals surface area contributed by atoms with Gasteiger partial charge in [-0.15, -0.1) is 0 Å². The third-order valence-corrected chi connectivity index (χ3v) is 5.44. The van der Waals surface area contributed by atoms with Crippen LogP contribution in [0.3, 0.4) is 0 Å². The zero-order valence-corrected chi connectivity index (χ0v) is 13.0. The van der Waals surface area contributed by atoms with Crippen molar-refractivity contribution >= 4 is 6.03 Å². The van der Waals surface area contributed by atoms with Gasteiger partial charge in [0.1, 0.15) is 0 Å². The normalized spacial score (nSPS) is 32.7. The summed E-state index contributed by atoms with van der Waals surface area (Å²) in [5.74, 6) is 0. The summed E-state index contributed by atoms with van der Waals surface area (Å²) in [6.07, 6.45) is 8.59. The van der Waals surface area contributed by atoms with E-state index in [-0.39, 0.29) is 23.6 Å². The van der Waals surface area contributed by atoms with Gasteiger partial charge in [-0.1, -0.05) is 6.42 Å². The minimum atomic E-state index is -0.0289. The molecule has 3 rings (SSSR count). The van der Waals surface area contributed by atoms with Gasteiger partial charge in [0.05, 0.1) is 18.2 Å². The van der Waals surface area contributed by atoms with E-state index < -0.39 is 0 Å². The second-order valence-electron chi connectivity index (χ2n) is 6.84. The first-order valence-electron chi connectivity index (χ1n) is 8.48. The summed E-state index contributed by atoms with van der Waals surface area (Å²) in [5, 5.41) is 6.17. The highest BCUT2D eigenvalue weighted by atomic mass is 16.5. The van der Waals surface area contributed by atoms with E-state index in [1.54, 1.807) is 0 Å². The van der Waals surface area contributed by atoms with Crippen molar-refractivity contribution in [3.05, 3.63) is 0 Å². The van der Waals surface area contributed by atoms with Gasteiger partial charge < -0.3 is 20.1 Å². The van der Waals surface area contributed by atoms with Crippen LogP contribution in [0, 0.1) is 5.41 Å². The van der Waals surface area contributed by atoms with Gasteiger partial charge in [0.15, 0.2) is 0 Å². The first-order chi connectivity index (χ1) is 10.2. The standard InChI is InChI=1S/C16H28N2O3/c1-2-20-9-8-16(6-3-7-16)11-17-15(19)18-13-10-12-4-5-14(13)21-12/h12-14H,2-11H2,1H3,(H2,17,18,19)/t12-,13-,14+/m1/s1. The molecule has 0 aromatic rings. The number of nitrogens with one attached hydrogen (secondary N) is 2. The summed E-state index contributed by atoms with van der Waals surface area (Å²) in [6.45, 7) is 4.37. The lowest BCUT2D eigenvalue weighted by Crippen LogP contribution is -2.50. The van der Waals surface area contributed by atoms with Gasteiger partial charge >= 0.3 is 6.03 Å². The molecule has 1 aliphatic carbocycles. The smallest absolute Gasteiger partial charge is 0.315 e. The van der Waals surface area contributed by atoms with Crippen LogP contribution in [0.4, 0.5) is 4.79 Å². The molecule has 2 N–H and O–H groups in total. The molecule has 3 fully saturated rings. The highest BCUT2D eigenvalue weighted by Crippen LogP contribution is 2.43. The molecule has 5 nitrogen and oxygen atoms in total. The van der Waals surface area contributed by atoms with Gasteiger partial charge in [-0.05, 0) is 50.9 Å². The summed E-state index contributed by atoms with van der Waals surface area (Å²) in [6, 6.07) is 0.184. The van der Waals surface area contributed by atoms with E-state index in [1.807, 2.05) is 6.92 Å². The van der Waals surface area contributed by atoms with Crippen LogP contribution in [0.25, 0.3) is 0 Å². The second-order valence-corrected chi connectivity index (χ2v) is 6.84. The second kappa shape index (κ2) is 6.53. The van der Waals surface area contributed by atoms with Crippen LogP contribution in [0.15, 0.2) is 0 Å². The third kappa shape index (κ3) is 3.51. The summed E-state index contributed by atoms with van der Waals surface area (Å²) in [4.78, 5) is 12.1. The van der Waals surface area contributed by atoms with Crippen LogP contribution in [0.5, 0.6) is 0 Å². The molecule has 120 valence electrons. The minimum absolute atomic E-state index is 0.0289. The molecular weight excluding hydrogens is 268 g/mol. The van der Waals surface area contributed by atoms with E-state index in [0.717, 1.165) is 45.4 Å². The number of fused-ring (bicyclic) bond motifs is 2. The summed E-state index contributed by atoms with van der Waals surface area (Å²) in [7, 11) is 0. The van der Waals surface area contributed by atoms with Crippen LogP contribution in [0.1, 0.15) is 51.9 Å². The average molecular weight is 296 g/mol. The maximum Gasteiger partial charge on any atom is 0.315 e. The number of hydrogen-bond acceptors (Lipinski definition) is 3. The molecule has 2 aliphatic heterocycles. The molecule has 0 unspecified atom stereocenters. The monoisotopic (exact) mass is 296 g/mol. The van der Waals surface area contributed by atoms with Crippen LogP contribution in [-0.4, -0.2) is 44.0 Å². The number of urea groups is 1. The predicted molar refractivity (Wildman–Crippen MR) is 80.2 cm³/mol. The van der Waals surface area contributed by atoms with Crippen molar-refractivity contribution in [2.24, 2.45) is 5.41 Å². The maximum atomic E-state index is 12.1. The summed E-state index contributed by atoms with van der Waals surface area (Å²) in [5.41, 5.74) is 0.275. The van der Waals surface area contributed by atoms with Crippen molar-refractivity contribution in [3.8, 4) is 0 Å². The van der Waals surface area contributed by atoms with Gasteiger partial charge in [0.2, 0.25) is 0 Å². The molecule has 3 aliphatic rings. The van der Waals surface area contributed by atoms with Crippen molar-refractivity contribution in [2.45, 2.75) is 70.1 Å². The third-order valence-electron chi connectivity index (χ3n) is 5.44. The fourth-order valence-corrected chi connectivity index (χ4v) is 3.90. The Hall–Kier alpha value is -0.810. The first-order valence-corrected chi connectivity index (χ1v) is 8.48. The van der Waals surface area contributed by atoms with Crippen LogP contribution in [0.2, 0.25) is 0 Å². The maximum absolute atomic E-state index is 12.1. The van der Waals surface area contributed by atoms with Gasteiger partial charge in [0.25, 0.3) is 0 Å². The lowest BCUT2D eigenvalue weighted by molar-refractivity contribution is 0.0555. The molecule has 3 atom stereocenters. The van der Waals surface area contributed by atoms with Crippen molar-refractivity contribution in [2.75, 3.05) is 19.8 Å². The van der Waals surface area contributed by atoms with Crippen LogP contribution in [-0.2, 0) is 9.47 Å². The Kier molecular flexibility index (Phi) is 4.69. The molecule has 2 bridgehead atoms. The number of rotatable bonds is 7. The van der Waals surface area contributed by atoms with E-state index in [9.17, 15) is 4.79 Å². The van der Waals surface area contributed by atoms with Gasteiger partial charge in [-0.25, -0.2) is 4.79 Å². The quantitative estimate of drug-likeness (QED) is 0.708. The Morgan fingerprint density at radius 1 is 1.38 bits per heavy atom. The lowest BCUT2D eigenvalue weighted by Gasteiger charge is -2.42. The Morgan fingerprint density at radius 2 is 2.24 bits per heavy atom. The van der Waals surface area contributed by atoms with E-state index in [4.69, 9.17) is 9.47 Å². The molecule has 5 heteroatoms.